The number of hydrogen-bond donors (Lipinski definition) is 1. The molecule has 0 amide bonds. The van der Waals surface area contributed by atoms with E-state index in [0.717, 1.165) is 27.6 Å². The maximum absolute atomic E-state index is 4.55. The van der Waals surface area contributed by atoms with E-state index < -0.39 is 0 Å². The zero-order valence-corrected chi connectivity index (χ0v) is 8.94. The van der Waals surface area contributed by atoms with Gasteiger partial charge in [0.2, 0.25) is 0 Å². The normalized spacial score (nSPS) is 10.8. The van der Waals surface area contributed by atoms with Crippen molar-refractivity contribution in [2.75, 3.05) is 12.4 Å². The van der Waals surface area contributed by atoms with Gasteiger partial charge in [0.25, 0.3) is 0 Å². The molecule has 0 aliphatic rings. The van der Waals surface area contributed by atoms with Gasteiger partial charge in [0.15, 0.2) is 0 Å². The third-order valence-electron chi connectivity index (χ3n) is 2.69. The molecule has 3 nitrogen and oxygen atoms in total. The molecule has 78 valence electrons. The molecule has 0 bridgehead atoms. The fourth-order valence-corrected chi connectivity index (χ4v) is 1.86. The van der Waals surface area contributed by atoms with E-state index in [9.17, 15) is 0 Å². The number of nitrogens with zero attached hydrogens (tertiary/aromatic N) is 2. The Morgan fingerprint density at radius 1 is 0.938 bits per heavy atom. The Bertz CT molecular complexity index is 661. The fraction of sp³-hybridized carbons (Fsp3) is 0.0769. The summed E-state index contributed by atoms with van der Waals surface area (Å²) in [5.74, 6) is 0.866. The van der Waals surface area contributed by atoms with Crippen LogP contribution in [0.4, 0.5) is 5.82 Å². The Labute approximate surface area is 93.1 Å². The molecule has 0 radical (unpaired) electrons. The van der Waals surface area contributed by atoms with Crippen LogP contribution in [0.3, 0.4) is 0 Å². The molecule has 0 fully saturated rings. The second-order valence-electron chi connectivity index (χ2n) is 3.66. The van der Waals surface area contributed by atoms with Crippen LogP contribution >= 0.6 is 0 Å². The van der Waals surface area contributed by atoms with E-state index in [4.69, 9.17) is 0 Å². The van der Waals surface area contributed by atoms with Crippen molar-refractivity contribution in [3.63, 3.8) is 0 Å². The Balaban J connectivity index is 2.47. The van der Waals surface area contributed by atoms with Crippen molar-refractivity contribution in [2.45, 2.75) is 0 Å². The molecule has 0 saturated carbocycles. The van der Waals surface area contributed by atoms with E-state index in [1.807, 2.05) is 19.2 Å². The van der Waals surface area contributed by atoms with Crippen molar-refractivity contribution in [1.29, 1.82) is 0 Å². The number of rotatable bonds is 1. The van der Waals surface area contributed by atoms with Gasteiger partial charge in [0, 0.05) is 24.0 Å². The zero-order chi connectivity index (χ0) is 11.0. The lowest BCUT2D eigenvalue weighted by atomic mass is 10.1. The third kappa shape index (κ3) is 1.29. The predicted molar refractivity (Wildman–Crippen MR) is 66.6 cm³/mol. The van der Waals surface area contributed by atoms with Crippen LogP contribution in [0.15, 0.2) is 42.6 Å². The SMILES string of the molecule is CNc1ccc2ccc3cccnc3c2n1. The van der Waals surface area contributed by atoms with Gasteiger partial charge in [0.1, 0.15) is 5.82 Å². The van der Waals surface area contributed by atoms with Gasteiger partial charge in [-0.2, -0.15) is 0 Å². The minimum atomic E-state index is 0.866. The van der Waals surface area contributed by atoms with Crippen molar-refractivity contribution in [3.8, 4) is 0 Å². The van der Waals surface area contributed by atoms with E-state index in [1.165, 1.54) is 0 Å². The predicted octanol–water partition coefficient (Wildman–Crippen LogP) is 2.82. The van der Waals surface area contributed by atoms with Crippen LogP contribution in [0.1, 0.15) is 0 Å². The Morgan fingerprint density at radius 3 is 2.50 bits per heavy atom. The van der Waals surface area contributed by atoms with Crippen LogP contribution in [-0.2, 0) is 0 Å². The van der Waals surface area contributed by atoms with Crippen LogP contribution in [0.25, 0.3) is 21.8 Å². The number of aromatic nitrogens is 2. The van der Waals surface area contributed by atoms with E-state index in [1.54, 1.807) is 6.20 Å². The molecular weight excluding hydrogens is 198 g/mol. The minimum absolute atomic E-state index is 0.866. The first kappa shape index (κ1) is 9.09. The summed E-state index contributed by atoms with van der Waals surface area (Å²) in [5.41, 5.74) is 1.90. The van der Waals surface area contributed by atoms with Crippen LogP contribution in [0.5, 0.6) is 0 Å². The molecule has 0 unspecified atom stereocenters. The van der Waals surface area contributed by atoms with Gasteiger partial charge in [0.05, 0.1) is 11.0 Å². The Hall–Kier alpha value is -2.16. The maximum atomic E-state index is 4.55. The van der Waals surface area contributed by atoms with E-state index >= 15 is 0 Å². The highest BCUT2D eigenvalue weighted by atomic mass is 15.0. The van der Waals surface area contributed by atoms with E-state index in [-0.39, 0.29) is 0 Å². The summed E-state index contributed by atoms with van der Waals surface area (Å²) in [7, 11) is 1.87. The summed E-state index contributed by atoms with van der Waals surface area (Å²) in [6.07, 6.45) is 1.80. The molecule has 1 aromatic carbocycles. The molecule has 0 saturated heterocycles. The molecule has 0 atom stereocenters. The van der Waals surface area contributed by atoms with Gasteiger partial charge in [-0.25, -0.2) is 4.98 Å². The maximum Gasteiger partial charge on any atom is 0.126 e. The highest BCUT2D eigenvalue weighted by Gasteiger charge is 2.02. The molecule has 3 aromatic rings. The van der Waals surface area contributed by atoms with Gasteiger partial charge in [-0.1, -0.05) is 18.2 Å². The number of pyridine rings is 2. The standard InChI is InChI=1S/C13H11N3/c1-14-11-7-6-10-5-4-9-3-2-8-15-12(9)13(10)16-11/h2-8H,1H3,(H,14,16). The number of fused-ring (bicyclic) bond motifs is 3. The highest BCUT2D eigenvalue weighted by Crippen LogP contribution is 2.22. The van der Waals surface area contributed by atoms with Gasteiger partial charge >= 0.3 is 0 Å². The topological polar surface area (TPSA) is 37.8 Å². The first-order valence-corrected chi connectivity index (χ1v) is 5.21. The van der Waals surface area contributed by atoms with Crippen molar-refractivity contribution in [2.24, 2.45) is 0 Å². The summed E-state index contributed by atoms with van der Waals surface area (Å²) < 4.78 is 0. The molecule has 2 heterocycles. The zero-order valence-electron chi connectivity index (χ0n) is 8.94. The molecule has 2 aromatic heterocycles. The monoisotopic (exact) mass is 209 g/mol. The number of benzene rings is 1. The Kier molecular flexibility index (Phi) is 1.96. The molecule has 16 heavy (non-hydrogen) atoms. The lowest BCUT2D eigenvalue weighted by molar-refractivity contribution is 1.33. The quantitative estimate of drug-likeness (QED) is 0.626. The van der Waals surface area contributed by atoms with Crippen molar-refractivity contribution in [1.82, 2.24) is 9.97 Å². The van der Waals surface area contributed by atoms with Gasteiger partial charge < -0.3 is 5.32 Å². The first-order chi connectivity index (χ1) is 7.88. The second kappa shape index (κ2) is 3.45. The molecule has 0 aliphatic carbocycles. The molecule has 0 spiro atoms. The second-order valence-corrected chi connectivity index (χ2v) is 3.66. The number of anilines is 1. The van der Waals surface area contributed by atoms with Crippen molar-refractivity contribution >= 4 is 27.6 Å². The third-order valence-corrected chi connectivity index (χ3v) is 2.69. The van der Waals surface area contributed by atoms with Crippen molar-refractivity contribution < 1.29 is 0 Å². The van der Waals surface area contributed by atoms with Crippen LogP contribution in [0.2, 0.25) is 0 Å². The summed E-state index contributed by atoms with van der Waals surface area (Å²) in [6, 6.07) is 12.2. The van der Waals surface area contributed by atoms with Gasteiger partial charge in [-0.15, -0.1) is 0 Å². The molecule has 3 heteroatoms. The number of nitrogens with one attached hydrogen (secondary N) is 1. The van der Waals surface area contributed by atoms with Gasteiger partial charge in [-0.05, 0) is 18.2 Å². The Morgan fingerprint density at radius 2 is 1.69 bits per heavy atom. The van der Waals surface area contributed by atoms with Crippen LogP contribution < -0.4 is 5.32 Å². The average molecular weight is 209 g/mol. The summed E-state index contributed by atoms with van der Waals surface area (Å²) in [5, 5.41) is 5.28. The number of hydrogen-bond acceptors (Lipinski definition) is 3. The smallest absolute Gasteiger partial charge is 0.126 e. The van der Waals surface area contributed by atoms with Crippen LogP contribution in [-0.4, -0.2) is 17.0 Å². The average Bonchev–Trinajstić information content (AvgIpc) is 2.38. The summed E-state index contributed by atoms with van der Waals surface area (Å²) in [4.78, 5) is 8.94. The molecular formula is C13H11N3. The van der Waals surface area contributed by atoms with Crippen molar-refractivity contribution in [3.05, 3.63) is 42.6 Å². The molecule has 3 rings (SSSR count). The highest BCUT2D eigenvalue weighted by molar-refractivity contribution is 6.03. The van der Waals surface area contributed by atoms with Crippen LogP contribution in [0, 0.1) is 0 Å². The summed E-state index contributed by atoms with van der Waals surface area (Å²) in [6.45, 7) is 0. The molecule has 0 aliphatic heterocycles. The molecule has 1 N–H and O–H groups in total. The lowest BCUT2D eigenvalue weighted by Crippen LogP contribution is -1.92. The lowest BCUT2D eigenvalue weighted by Gasteiger charge is -2.04. The van der Waals surface area contributed by atoms with Gasteiger partial charge in [-0.3, -0.25) is 4.98 Å². The van der Waals surface area contributed by atoms with E-state index in [2.05, 4.69) is 39.6 Å². The fourth-order valence-electron chi connectivity index (χ4n) is 1.86. The largest absolute Gasteiger partial charge is 0.373 e. The first-order valence-electron chi connectivity index (χ1n) is 5.21. The summed E-state index contributed by atoms with van der Waals surface area (Å²) >= 11 is 0. The van der Waals surface area contributed by atoms with E-state index in [0.29, 0.717) is 0 Å². The minimum Gasteiger partial charge on any atom is -0.373 e.